The molecule has 0 aromatic heterocycles. The highest BCUT2D eigenvalue weighted by molar-refractivity contribution is 5.37. The lowest BCUT2D eigenvalue weighted by Crippen LogP contribution is -2.30. The lowest BCUT2D eigenvalue weighted by molar-refractivity contribution is 0.213. The molecule has 1 aliphatic rings. The van der Waals surface area contributed by atoms with E-state index >= 15 is 0 Å². The first-order valence-corrected chi connectivity index (χ1v) is 7.80. The summed E-state index contributed by atoms with van der Waals surface area (Å²) in [4.78, 5) is 2.51. The average molecular weight is 276 g/mol. The number of hydrogen-bond acceptors (Lipinski definition) is 3. The van der Waals surface area contributed by atoms with E-state index in [1.54, 1.807) is 7.11 Å². The summed E-state index contributed by atoms with van der Waals surface area (Å²) in [6.45, 7) is 1.53. The van der Waals surface area contributed by atoms with E-state index in [4.69, 9.17) is 10.5 Å². The lowest BCUT2D eigenvalue weighted by Gasteiger charge is -2.27. The van der Waals surface area contributed by atoms with Gasteiger partial charge in [-0.15, -0.1) is 0 Å². The Balaban J connectivity index is 2.01. The molecule has 1 aromatic carbocycles. The molecule has 0 spiro atoms. The van der Waals surface area contributed by atoms with E-state index in [0.717, 1.165) is 23.9 Å². The van der Waals surface area contributed by atoms with Crippen LogP contribution in [0, 0.1) is 0 Å². The monoisotopic (exact) mass is 276 g/mol. The van der Waals surface area contributed by atoms with Gasteiger partial charge in [0.25, 0.3) is 0 Å². The van der Waals surface area contributed by atoms with E-state index in [1.165, 1.54) is 44.1 Å². The first-order chi connectivity index (χ1) is 9.74. The van der Waals surface area contributed by atoms with Crippen molar-refractivity contribution in [1.82, 2.24) is 4.90 Å². The van der Waals surface area contributed by atoms with Crippen molar-refractivity contribution in [3.63, 3.8) is 0 Å². The zero-order valence-electron chi connectivity index (χ0n) is 12.9. The molecule has 20 heavy (non-hydrogen) atoms. The summed E-state index contributed by atoms with van der Waals surface area (Å²) in [6, 6.07) is 7.12. The van der Waals surface area contributed by atoms with E-state index in [0.29, 0.717) is 6.54 Å². The highest BCUT2D eigenvalue weighted by Crippen LogP contribution is 2.24. The molecule has 3 nitrogen and oxygen atoms in total. The molecule has 0 heterocycles. The van der Waals surface area contributed by atoms with Crippen molar-refractivity contribution in [1.29, 1.82) is 0 Å². The third-order valence-electron chi connectivity index (χ3n) is 4.44. The third kappa shape index (κ3) is 3.97. The maximum absolute atomic E-state index is 5.80. The number of ether oxygens (including phenoxy) is 1. The van der Waals surface area contributed by atoms with Crippen LogP contribution in [0.3, 0.4) is 0 Å². The fraction of sp³-hybridized carbons (Fsp3) is 0.647. The Morgan fingerprint density at radius 1 is 1.20 bits per heavy atom. The van der Waals surface area contributed by atoms with Gasteiger partial charge in [-0.2, -0.15) is 0 Å². The maximum atomic E-state index is 5.80. The number of rotatable bonds is 5. The van der Waals surface area contributed by atoms with Crippen molar-refractivity contribution in [2.24, 2.45) is 5.73 Å². The van der Waals surface area contributed by atoms with Gasteiger partial charge in [0.05, 0.1) is 7.11 Å². The molecule has 0 radical (unpaired) electrons. The Morgan fingerprint density at radius 3 is 2.50 bits per heavy atom. The van der Waals surface area contributed by atoms with Crippen molar-refractivity contribution < 1.29 is 4.74 Å². The highest BCUT2D eigenvalue weighted by Gasteiger charge is 2.17. The number of hydrogen-bond donors (Lipinski definition) is 1. The van der Waals surface area contributed by atoms with Crippen LogP contribution in [-0.4, -0.2) is 25.1 Å². The van der Waals surface area contributed by atoms with Crippen LogP contribution in [0.25, 0.3) is 0 Å². The zero-order valence-corrected chi connectivity index (χ0v) is 12.9. The van der Waals surface area contributed by atoms with Gasteiger partial charge < -0.3 is 10.5 Å². The van der Waals surface area contributed by atoms with Gasteiger partial charge in [-0.05, 0) is 37.6 Å². The normalized spacial score (nSPS) is 17.2. The molecule has 0 aliphatic heterocycles. The Morgan fingerprint density at radius 2 is 1.90 bits per heavy atom. The van der Waals surface area contributed by atoms with Crippen LogP contribution < -0.4 is 10.5 Å². The van der Waals surface area contributed by atoms with Gasteiger partial charge >= 0.3 is 0 Å². The van der Waals surface area contributed by atoms with Gasteiger partial charge in [0.15, 0.2) is 0 Å². The molecule has 2 rings (SSSR count). The lowest BCUT2D eigenvalue weighted by atomic mass is 10.1. The SMILES string of the molecule is COc1ccc(CN(C)C2CCCCCC2)cc1CN. The van der Waals surface area contributed by atoms with Gasteiger partial charge in [0, 0.05) is 24.7 Å². The standard InChI is InChI=1S/C17H28N2O/c1-19(16-7-5-3-4-6-8-16)13-14-9-10-17(20-2)15(11-14)12-18/h9-11,16H,3-8,12-13,18H2,1-2H3. The topological polar surface area (TPSA) is 38.5 Å². The maximum Gasteiger partial charge on any atom is 0.123 e. The van der Waals surface area contributed by atoms with Crippen molar-refractivity contribution in [3.05, 3.63) is 29.3 Å². The molecule has 1 saturated carbocycles. The molecule has 0 atom stereocenters. The fourth-order valence-corrected chi connectivity index (χ4v) is 3.21. The van der Waals surface area contributed by atoms with Crippen LogP contribution in [0.1, 0.15) is 49.7 Å². The second kappa shape index (κ2) is 7.65. The predicted octanol–water partition coefficient (Wildman–Crippen LogP) is 3.31. The summed E-state index contributed by atoms with van der Waals surface area (Å²) in [5, 5.41) is 0. The molecule has 2 N–H and O–H groups in total. The molecule has 0 saturated heterocycles. The molecule has 3 heteroatoms. The Bertz CT molecular complexity index is 411. The minimum absolute atomic E-state index is 0.532. The summed E-state index contributed by atoms with van der Waals surface area (Å²) >= 11 is 0. The molecule has 0 bridgehead atoms. The molecule has 0 unspecified atom stereocenters. The minimum atomic E-state index is 0.532. The second-order valence-electron chi connectivity index (χ2n) is 5.91. The van der Waals surface area contributed by atoms with Crippen molar-refractivity contribution in [2.45, 2.75) is 57.7 Å². The second-order valence-corrected chi connectivity index (χ2v) is 5.91. The van der Waals surface area contributed by atoms with Crippen LogP contribution >= 0.6 is 0 Å². The molecular formula is C17H28N2O. The van der Waals surface area contributed by atoms with Crippen molar-refractivity contribution in [2.75, 3.05) is 14.2 Å². The van der Waals surface area contributed by atoms with Gasteiger partial charge in [0.2, 0.25) is 0 Å². The van der Waals surface area contributed by atoms with E-state index in [1.807, 2.05) is 6.07 Å². The van der Waals surface area contributed by atoms with Gasteiger partial charge in [0.1, 0.15) is 5.75 Å². The number of benzene rings is 1. The van der Waals surface area contributed by atoms with E-state index < -0.39 is 0 Å². The zero-order chi connectivity index (χ0) is 14.4. The van der Waals surface area contributed by atoms with Crippen LogP contribution in [0.4, 0.5) is 0 Å². The fourth-order valence-electron chi connectivity index (χ4n) is 3.21. The van der Waals surface area contributed by atoms with Crippen LogP contribution in [0.5, 0.6) is 5.75 Å². The summed E-state index contributed by atoms with van der Waals surface area (Å²) in [5.74, 6) is 0.897. The molecule has 1 aliphatic carbocycles. The Hall–Kier alpha value is -1.06. The van der Waals surface area contributed by atoms with Crippen molar-refractivity contribution >= 4 is 0 Å². The quantitative estimate of drug-likeness (QED) is 0.839. The third-order valence-corrected chi connectivity index (χ3v) is 4.44. The van der Waals surface area contributed by atoms with E-state index in [9.17, 15) is 0 Å². The summed E-state index contributed by atoms with van der Waals surface area (Å²) in [7, 11) is 3.95. The molecule has 112 valence electrons. The molecular weight excluding hydrogens is 248 g/mol. The predicted molar refractivity (Wildman–Crippen MR) is 83.8 cm³/mol. The van der Waals surface area contributed by atoms with Crippen LogP contribution in [0.15, 0.2) is 18.2 Å². The Labute approximate surface area is 123 Å². The highest BCUT2D eigenvalue weighted by atomic mass is 16.5. The van der Waals surface area contributed by atoms with Gasteiger partial charge in [-0.25, -0.2) is 0 Å². The first-order valence-electron chi connectivity index (χ1n) is 7.80. The molecule has 1 aromatic rings. The summed E-state index contributed by atoms with van der Waals surface area (Å²) in [5.41, 5.74) is 8.22. The van der Waals surface area contributed by atoms with Gasteiger partial charge in [-0.1, -0.05) is 31.7 Å². The average Bonchev–Trinajstić information content (AvgIpc) is 2.76. The van der Waals surface area contributed by atoms with Crippen LogP contribution in [0.2, 0.25) is 0 Å². The van der Waals surface area contributed by atoms with Crippen molar-refractivity contribution in [3.8, 4) is 5.75 Å². The Kier molecular flexibility index (Phi) is 5.86. The summed E-state index contributed by atoms with van der Waals surface area (Å²) < 4.78 is 5.34. The largest absolute Gasteiger partial charge is 0.496 e. The van der Waals surface area contributed by atoms with E-state index in [-0.39, 0.29) is 0 Å². The van der Waals surface area contributed by atoms with Crippen LogP contribution in [-0.2, 0) is 13.1 Å². The molecule has 0 amide bonds. The smallest absolute Gasteiger partial charge is 0.123 e. The van der Waals surface area contributed by atoms with Gasteiger partial charge in [-0.3, -0.25) is 4.90 Å². The number of nitrogens with zero attached hydrogens (tertiary/aromatic N) is 1. The molecule has 1 fully saturated rings. The number of methoxy groups -OCH3 is 1. The first kappa shape index (κ1) is 15.3. The minimum Gasteiger partial charge on any atom is -0.496 e. The number of nitrogens with two attached hydrogens (primary N) is 1. The van der Waals surface area contributed by atoms with E-state index in [2.05, 4.69) is 24.1 Å². The summed E-state index contributed by atoms with van der Waals surface area (Å²) in [6.07, 6.45) is 8.26.